The van der Waals surface area contributed by atoms with Gasteiger partial charge in [-0.05, 0) is 42.9 Å². The van der Waals surface area contributed by atoms with Crippen LogP contribution in [0.15, 0.2) is 24.4 Å². The number of anilines is 2. The van der Waals surface area contributed by atoms with Gasteiger partial charge in [0.15, 0.2) is 0 Å². The van der Waals surface area contributed by atoms with E-state index in [0.29, 0.717) is 0 Å². The third-order valence-electron chi connectivity index (χ3n) is 6.06. The smallest absolute Gasteiger partial charge is 0.146 e. The first kappa shape index (κ1) is 20.6. The summed E-state index contributed by atoms with van der Waals surface area (Å²) in [6.45, 7) is 8.15. The number of ether oxygens (including phenoxy) is 1. The molecule has 31 heavy (non-hydrogen) atoms. The standard InChI is InChI=1S/C23H30N6OS/c1-16-5-6-17-18(14-16)31-23-21(17)22(26-9-8-25-19-4-2-3-7-24-19)27-20(28-23)15-29-10-12-30-13-11-29/h2-4,7,16H,5-6,8-15H2,1H3,(H,24,25)(H,26,27,28)/t16-/m1/s1. The Hall–Kier alpha value is -2.29. The van der Waals surface area contributed by atoms with Crippen molar-refractivity contribution in [2.24, 2.45) is 5.92 Å². The monoisotopic (exact) mass is 438 g/mol. The maximum Gasteiger partial charge on any atom is 0.146 e. The van der Waals surface area contributed by atoms with Crippen LogP contribution >= 0.6 is 11.3 Å². The second-order valence-electron chi connectivity index (χ2n) is 8.48. The van der Waals surface area contributed by atoms with E-state index in [-0.39, 0.29) is 0 Å². The molecule has 1 saturated heterocycles. The number of rotatable bonds is 7. The van der Waals surface area contributed by atoms with E-state index in [9.17, 15) is 0 Å². The molecule has 5 rings (SSSR count). The first-order chi connectivity index (χ1) is 15.3. The van der Waals surface area contributed by atoms with Gasteiger partial charge in [0.05, 0.1) is 25.1 Å². The highest BCUT2D eigenvalue weighted by Gasteiger charge is 2.24. The van der Waals surface area contributed by atoms with Crippen molar-refractivity contribution >= 4 is 33.2 Å². The van der Waals surface area contributed by atoms with E-state index in [2.05, 4.69) is 27.4 Å². The van der Waals surface area contributed by atoms with Crippen molar-refractivity contribution in [1.29, 1.82) is 0 Å². The average molecular weight is 439 g/mol. The van der Waals surface area contributed by atoms with Crippen LogP contribution in [-0.4, -0.2) is 59.2 Å². The lowest BCUT2D eigenvalue weighted by atomic mass is 9.89. The third-order valence-corrected chi connectivity index (χ3v) is 7.21. The number of aryl methyl sites for hydroxylation is 1. The molecule has 0 bridgehead atoms. The highest BCUT2D eigenvalue weighted by Crippen LogP contribution is 2.40. The minimum atomic E-state index is 0.750. The van der Waals surface area contributed by atoms with Crippen molar-refractivity contribution in [3.63, 3.8) is 0 Å². The van der Waals surface area contributed by atoms with Crippen LogP contribution in [0.1, 0.15) is 29.6 Å². The molecule has 164 valence electrons. The lowest BCUT2D eigenvalue weighted by Crippen LogP contribution is -2.36. The van der Waals surface area contributed by atoms with Gasteiger partial charge in [-0.25, -0.2) is 15.0 Å². The zero-order valence-electron chi connectivity index (χ0n) is 18.1. The van der Waals surface area contributed by atoms with Gasteiger partial charge in [0, 0.05) is 37.3 Å². The number of pyridine rings is 1. The van der Waals surface area contributed by atoms with Crippen molar-refractivity contribution in [3.8, 4) is 0 Å². The molecular formula is C23H30N6OS. The number of nitrogens with zero attached hydrogens (tertiary/aromatic N) is 4. The summed E-state index contributed by atoms with van der Waals surface area (Å²) >= 11 is 1.87. The van der Waals surface area contributed by atoms with Crippen molar-refractivity contribution in [2.45, 2.75) is 32.7 Å². The first-order valence-electron chi connectivity index (χ1n) is 11.3. The number of hydrogen-bond acceptors (Lipinski definition) is 8. The summed E-state index contributed by atoms with van der Waals surface area (Å²) in [5, 5.41) is 8.22. The molecule has 3 aromatic rings. The Morgan fingerprint density at radius 2 is 2.03 bits per heavy atom. The lowest BCUT2D eigenvalue weighted by Gasteiger charge is -2.26. The van der Waals surface area contributed by atoms with Crippen molar-refractivity contribution in [3.05, 3.63) is 40.7 Å². The van der Waals surface area contributed by atoms with E-state index >= 15 is 0 Å². The normalized spacial score (nSPS) is 19.3. The first-order valence-corrected chi connectivity index (χ1v) is 12.1. The van der Waals surface area contributed by atoms with Crippen LogP contribution in [0.25, 0.3) is 10.2 Å². The largest absolute Gasteiger partial charge is 0.379 e. The molecule has 4 heterocycles. The van der Waals surface area contributed by atoms with Gasteiger partial charge in [-0.1, -0.05) is 13.0 Å². The fraction of sp³-hybridized carbons (Fsp3) is 0.522. The molecule has 2 N–H and O–H groups in total. The molecule has 0 aromatic carbocycles. The van der Waals surface area contributed by atoms with Gasteiger partial charge in [-0.15, -0.1) is 11.3 Å². The maximum absolute atomic E-state index is 5.49. The van der Waals surface area contributed by atoms with Crippen molar-refractivity contribution in [2.75, 3.05) is 50.0 Å². The predicted molar refractivity (Wildman–Crippen MR) is 126 cm³/mol. The molecule has 1 atom stereocenters. The topological polar surface area (TPSA) is 75.2 Å². The van der Waals surface area contributed by atoms with E-state index in [1.807, 2.05) is 29.5 Å². The molecule has 0 spiro atoms. The van der Waals surface area contributed by atoms with Gasteiger partial charge in [-0.3, -0.25) is 4.90 Å². The molecule has 1 fully saturated rings. The van der Waals surface area contributed by atoms with Crippen LogP contribution in [0.3, 0.4) is 0 Å². The molecule has 1 aliphatic heterocycles. The second kappa shape index (κ2) is 9.46. The number of hydrogen-bond donors (Lipinski definition) is 2. The summed E-state index contributed by atoms with van der Waals surface area (Å²) < 4.78 is 5.49. The van der Waals surface area contributed by atoms with Crippen LogP contribution in [0.5, 0.6) is 0 Å². The van der Waals surface area contributed by atoms with E-state index in [0.717, 1.165) is 87.0 Å². The van der Waals surface area contributed by atoms with Gasteiger partial charge in [0.1, 0.15) is 22.3 Å². The number of morpholine rings is 1. The molecule has 7 nitrogen and oxygen atoms in total. The molecule has 0 radical (unpaired) electrons. The van der Waals surface area contributed by atoms with Crippen LogP contribution < -0.4 is 10.6 Å². The van der Waals surface area contributed by atoms with E-state index < -0.39 is 0 Å². The molecule has 8 heteroatoms. The van der Waals surface area contributed by atoms with Crippen molar-refractivity contribution in [1.82, 2.24) is 19.9 Å². The highest BCUT2D eigenvalue weighted by molar-refractivity contribution is 7.19. The SMILES string of the molecule is C[C@@H]1CCc2c(sc3nc(CN4CCOCC4)nc(NCCNc4ccccn4)c23)C1. The molecule has 0 saturated carbocycles. The van der Waals surface area contributed by atoms with Gasteiger partial charge in [0.2, 0.25) is 0 Å². The van der Waals surface area contributed by atoms with E-state index in [1.165, 1.54) is 22.2 Å². The Labute approximate surface area is 187 Å². The van der Waals surface area contributed by atoms with Crippen LogP contribution in [0.4, 0.5) is 11.6 Å². The Kier molecular flexibility index (Phi) is 6.29. The molecule has 3 aromatic heterocycles. The fourth-order valence-electron chi connectivity index (χ4n) is 4.38. The van der Waals surface area contributed by atoms with Gasteiger partial charge in [-0.2, -0.15) is 0 Å². The van der Waals surface area contributed by atoms with Crippen LogP contribution in [0.2, 0.25) is 0 Å². The summed E-state index contributed by atoms with van der Waals surface area (Å²) in [5.74, 6) is 3.54. The molecular weight excluding hydrogens is 408 g/mol. The lowest BCUT2D eigenvalue weighted by molar-refractivity contribution is 0.0331. The van der Waals surface area contributed by atoms with Gasteiger partial charge >= 0.3 is 0 Å². The zero-order chi connectivity index (χ0) is 21.0. The molecule has 0 unspecified atom stereocenters. The number of nitrogens with one attached hydrogen (secondary N) is 2. The average Bonchev–Trinajstić information content (AvgIpc) is 3.15. The minimum Gasteiger partial charge on any atom is -0.379 e. The third kappa shape index (κ3) is 4.81. The molecule has 2 aliphatic rings. The maximum atomic E-state index is 5.49. The van der Waals surface area contributed by atoms with E-state index in [1.54, 1.807) is 6.20 Å². The van der Waals surface area contributed by atoms with Crippen LogP contribution in [-0.2, 0) is 24.1 Å². The van der Waals surface area contributed by atoms with Gasteiger partial charge in [0.25, 0.3) is 0 Å². The quantitative estimate of drug-likeness (QED) is 0.546. The summed E-state index contributed by atoms with van der Waals surface area (Å²) in [4.78, 5) is 19.3. The van der Waals surface area contributed by atoms with Crippen LogP contribution in [0, 0.1) is 5.92 Å². The summed E-state index contributed by atoms with van der Waals surface area (Å²) in [5.41, 5.74) is 1.47. The Morgan fingerprint density at radius 1 is 1.16 bits per heavy atom. The highest BCUT2D eigenvalue weighted by atomic mass is 32.1. The summed E-state index contributed by atoms with van der Waals surface area (Å²) in [7, 11) is 0. The number of thiophene rings is 1. The summed E-state index contributed by atoms with van der Waals surface area (Å²) in [6.07, 6.45) is 5.34. The summed E-state index contributed by atoms with van der Waals surface area (Å²) in [6, 6.07) is 5.91. The number of fused-ring (bicyclic) bond motifs is 3. The second-order valence-corrected chi connectivity index (χ2v) is 9.56. The predicted octanol–water partition coefficient (Wildman–Crippen LogP) is 3.57. The van der Waals surface area contributed by atoms with Gasteiger partial charge < -0.3 is 15.4 Å². The van der Waals surface area contributed by atoms with Crippen molar-refractivity contribution < 1.29 is 4.74 Å². The molecule has 0 amide bonds. The Bertz CT molecular complexity index is 1020. The minimum absolute atomic E-state index is 0.750. The Balaban J connectivity index is 1.37. The fourth-order valence-corrected chi connectivity index (χ4v) is 5.78. The number of aromatic nitrogens is 3. The Morgan fingerprint density at radius 3 is 2.87 bits per heavy atom. The zero-order valence-corrected chi connectivity index (χ0v) is 18.9. The molecule has 1 aliphatic carbocycles. The van der Waals surface area contributed by atoms with E-state index in [4.69, 9.17) is 14.7 Å².